The van der Waals surface area contributed by atoms with Crippen LogP contribution in [0.2, 0.25) is 0 Å². The van der Waals surface area contributed by atoms with E-state index in [1.807, 2.05) is 0 Å². The number of rotatable bonds is 65. The highest BCUT2D eigenvalue weighted by Gasteiger charge is 2.26. The van der Waals surface area contributed by atoms with Crippen LogP contribution in [0.25, 0.3) is 0 Å². The zero-order chi connectivity index (χ0) is 64.4. The van der Waals surface area contributed by atoms with Crippen LogP contribution < -0.4 is 5.73 Å². The summed E-state index contributed by atoms with van der Waals surface area (Å²) < 4.78 is 33.1. The van der Waals surface area contributed by atoms with Gasteiger partial charge in [-0.1, -0.05) is 306 Å². The monoisotopic (exact) mass is 1250 g/mol. The molecule has 0 aromatic rings. The summed E-state index contributed by atoms with van der Waals surface area (Å²) in [5.74, 6) is -0.872. The zero-order valence-corrected chi connectivity index (χ0v) is 57.5. The van der Waals surface area contributed by atoms with Gasteiger partial charge in [0.2, 0.25) is 0 Å². The lowest BCUT2D eigenvalue weighted by Gasteiger charge is -2.19. The minimum Gasteiger partial charge on any atom is -0.462 e. The molecule has 89 heavy (non-hydrogen) atoms. The Balaban J connectivity index is 4.02. The van der Waals surface area contributed by atoms with Crippen molar-refractivity contribution in [3.63, 3.8) is 0 Å². The molecule has 10 heteroatoms. The molecule has 0 radical (unpaired) electrons. The molecule has 0 heterocycles. The van der Waals surface area contributed by atoms with Crippen LogP contribution in [0.15, 0.2) is 170 Å². The fourth-order valence-corrected chi connectivity index (χ4v) is 10.1. The Labute approximate surface area is 546 Å². The van der Waals surface area contributed by atoms with E-state index < -0.39 is 32.5 Å². The van der Waals surface area contributed by atoms with E-state index in [0.717, 1.165) is 122 Å². The van der Waals surface area contributed by atoms with Gasteiger partial charge in [0.1, 0.15) is 6.61 Å². The van der Waals surface area contributed by atoms with Crippen LogP contribution in [0.1, 0.15) is 284 Å². The van der Waals surface area contributed by atoms with Gasteiger partial charge in [-0.3, -0.25) is 18.6 Å². The number of hydrogen-bond acceptors (Lipinski definition) is 8. The third-order valence-corrected chi connectivity index (χ3v) is 15.6. The van der Waals surface area contributed by atoms with Crippen molar-refractivity contribution in [1.82, 2.24) is 0 Å². The highest BCUT2D eigenvalue weighted by Crippen LogP contribution is 2.43. The number of esters is 2. The number of carbonyl (C=O) groups is 2. The molecule has 0 rings (SSSR count). The number of unbranched alkanes of at least 4 members (excludes halogenated alkanes) is 24. The second-order valence-corrected chi connectivity index (χ2v) is 24.5. The van der Waals surface area contributed by atoms with E-state index in [2.05, 4.69) is 184 Å². The third-order valence-electron chi connectivity index (χ3n) is 14.6. The smallest absolute Gasteiger partial charge is 0.462 e. The first-order valence-corrected chi connectivity index (χ1v) is 37.1. The van der Waals surface area contributed by atoms with Crippen molar-refractivity contribution in [2.45, 2.75) is 290 Å². The lowest BCUT2D eigenvalue weighted by Crippen LogP contribution is -2.29. The molecule has 0 fully saturated rings. The maximum Gasteiger partial charge on any atom is 0.472 e. The number of allylic oxidation sites excluding steroid dienone is 28. The van der Waals surface area contributed by atoms with Gasteiger partial charge in [-0.05, 0) is 135 Å². The van der Waals surface area contributed by atoms with E-state index >= 15 is 0 Å². The van der Waals surface area contributed by atoms with Crippen molar-refractivity contribution in [3.05, 3.63) is 170 Å². The molecule has 2 unspecified atom stereocenters. The number of hydrogen-bond donors (Lipinski definition) is 2. The minimum absolute atomic E-state index is 0.0394. The number of ether oxygens (including phenoxy) is 2. The Morgan fingerprint density at radius 2 is 0.618 bits per heavy atom. The first-order valence-electron chi connectivity index (χ1n) is 35.6. The highest BCUT2D eigenvalue weighted by molar-refractivity contribution is 7.47. The molecule has 0 aliphatic rings. The van der Waals surface area contributed by atoms with Gasteiger partial charge in [-0.15, -0.1) is 0 Å². The molecule has 0 amide bonds. The number of phosphoric ester groups is 1. The summed E-state index contributed by atoms with van der Waals surface area (Å²) in [6.07, 6.45) is 107. The van der Waals surface area contributed by atoms with Gasteiger partial charge in [0.15, 0.2) is 6.10 Å². The molecule has 2 atom stereocenters. The first-order chi connectivity index (χ1) is 43.8. The fourth-order valence-electron chi connectivity index (χ4n) is 9.35. The van der Waals surface area contributed by atoms with E-state index in [-0.39, 0.29) is 32.6 Å². The molecular weight excluding hydrogens is 1120 g/mol. The van der Waals surface area contributed by atoms with Crippen LogP contribution in [0.3, 0.4) is 0 Å². The lowest BCUT2D eigenvalue weighted by molar-refractivity contribution is -0.161. The number of nitrogens with two attached hydrogens (primary N) is 1. The average molecular weight is 1250 g/mol. The zero-order valence-electron chi connectivity index (χ0n) is 56.6. The van der Waals surface area contributed by atoms with Gasteiger partial charge < -0.3 is 20.1 Å². The van der Waals surface area contributed by atoms with Gasteiger partial charge in [-0.2, -0.15) is 0 Å². The Bertz CT molecular complexity index is 2070. The quantitative estimate of drug-likeness (QED) is 0.0264. The molecule has 0 saturated carbocycles. The van der Waals surface area contributed by atoms with Gasteiger partial charge in [-0.25, -0.2) is 4.57 Å². The van der Waals surface area contributed by atoms with Crippen LogP contribution in [0.5, 0.6) is 0 Å². The van der Waals surface area contributed by atoms with Crippen molar-refractivity contribution in [2.24, 2.45) is 5.73 Å². The van der Waals surface area contributed by atoms with Gasteiger partial charge >= 0.3 is 19.8 Å². The predicted octanol–water partition coefficient (Wildman–Crippen LogP) is 23.7. The Morgan fingerprint density at radius 3 is 0.933 bits per heavy atom. The summed E-state index contributed by atoms with van der Waals surface area (Å²) in [6, 6.07) is 0. The molecule has 0 bridgehead atoms. The number of phosphoric acid groups is 1. The molecular formula is C79H130NO8P. The maximum atomic E-state index is 12.8. The van der Waals surface area contributed by atoms with Crippen molar-refractivity contribution in [2.75, 3.05) is 26.4 Å². The van der Waals surface area contributed by atoms with Crippen LogP contribution in [-0.2, 0) is 32.7 Å². The number of carbonyl (C=O) groups excluding carboxylic acids is 2. The topological polar surface area (TPSA) is 134 Å². The highest BCUT2D eigenvalue weighted by atomic mass is 31.2. The Hall–Kier alpha value is -4.63. The maximum absolute atomic E-state index is 12.8. The largest absolute Gasteiger partial charge is 0.472 e. The molecule has 0 saturated heterocycles. The van der Waals surface area contributed by atoms with Crippen LogP contribution >= 0.6 is 7.82 Å². The minimum atomic E-state index is -4.42. The van der Waals surface area contributed by atoms with E-state index in [4.69, 9.17) is 24.3 Å². The normalized spacial score (nSPS) is 14.0. The molecule has 9 nitrogen and oxygen atoms in total. The summed E-state index contributed by atoms with van der Waals surface area (Å²) in [4.78, 5) is 35.4. The van der Waals surface area contributed by atoms with Crippen LogP contribution in [0.4, 0.5) is 0 Å². The third kappa shape index (κ3) is 72.3. The van der Waals surface area contributed by atoms with Crippen molar-refractivity contribution in [1.29, 1.82) is 0 Å². The molecule has 0 aliphatic heterocycles. The Kier molecular flexibility index (Phi) is 68.7. The molecule has 3 N–H and O–H groups in total. The Morgan fingerprint density at radius 1 is 0.348 bits per heavy atom. The van der Waals surface area contributed by atoms with Crippen molar-refractivity contribution < 1.29 is 37.6 Å². The van der Waals surface area contributed by atoms with Crippen molar-refractivity contribution >= 4 is 19.8 Å². The lowest BCUT2D eigenvalue weighted by atomic mass is 10.0. The fraction of sp³-hybridized carbons (Fsp3) is 0.620. The van der Waals surface area contributed by atoms with E-state index in [1.54, 1.807) is 0 Å². The molecule has 0 aliphatic carbocycles. The standard InChI is InChI=1S/C79H130NO8P/c1-3-5-7-9-11-13-15-17-19-21-23-25-27-29-31-33-35-36-37-38-39-40-42-44-46-48-50-52-54-56-58-60-62-64-66-68-70-72-79(82)88-77(76-87-89(83,84)86-74-73-80)75-85-78(81)71-69-67-65-63-61-59-57-55-53-51-49-47-45-43-41-34-32-30-28-26-24-22-20-18-16-14-12-10-8-6-4-2/h5,7,11,13,16-19,22-25,28-31,35-36,38-39,42,44,48,50,54,56,60,62,77H,3-4,6,8-10,12,14-15,20-21,26-27,32-34,37,40-41,43,45-47,49,51-53,55,57-59,61,63-76,80H2,1-2H3,(H,83,84)/b7-5-,13-11-,18-16-,19-17-,24-22-,25-23-,30-28-,31-29-,36-35-,39-38-,44-42-,50-48-,56-54-,62-60-. The molecule has 504 valence electrons. The van der Waals surface area contributed by atoms with Crippen molar-refractivity contribution in [3.8, 4) is 0 Å². The first kappa shape index (κ1) is 84.4. The van der Waals surface area contributed by atoms with Crippen LogP contribution in [0, 0.1) is 0 Å². The van der Waals surface area contributed by atoms with Crippen LogP contribution in [-0.4, -0.2) is 49.3 Å². The van der Waals surface area contributed by atoms with Gasteiger partial charge in [0, 0.05) is 19.4 Å². The average Bonchev–Trinajstić information content (AvgIpc) is 3.68. The van der Waals surface area contributed by atoms with Gasteiger partial charge in [0.05, 0.1) is 13.2 Å². The summed E-state index contributed by atoms with van der Waals surface area (Å²) in [5, 5.41) is 0. The molecule has 0 aromatic heterocycles. The predicted molar refractivity (Wildman–Crippen MR) is 385 cm³/mol. The van der Waals surface area contributed by atoms with E-state index in [1.165, 1.54) is 128 Å². The summed E-state index contributed by atoms with van der Waals surface area (Å²) >= 11 is 0. The summed E-state index contributed by atoms with van der Waals surface area (Å²) in [7, 11) is -4.42. The van der Waals surface area contributed by atoms with E-state index in [9.17, 15) is 19.0 Å². The summed E-state index contributed by atoms with van der Waals surface area (Å²) in [5.41, 5.74) is 5.40. The summed E-state index contributed by atoms with van der Waals surface area (Å²) in [6.45, 7) is 3.58. The molecule has 0 aromatic carbocycles. The SMILES string of the molecule is CC/C=C\C/C=C\C/C=C\C/C=C\C/C=C\C/C=C\C/C=C\C/C=C\C/C=C\C/C=C\C/C=C\CCCCCC(=O)OC(COC(=O)CCCCCCCCCCCCCCCCCC/C=C\C/C=C\C/C=C\CCCCCCC)COP(=O)(O)OCCN. The van der Waals surface area contributed by atoms with Gasteiger partial charge in [0.25, 0.3) is 0 Å². The second-order valence-electron chi connectivity index (χ2n) is 23.0. The molecule has 0 spiro atoms. The van der Waals surface area contributed by atoms with E-state index in [0.29, 0.717) is 6.42 Å². The second kappa shape index (κ2) is 72.4.